The monoisotopic (exact) mass is 1290 g/mol. The van der Waals surface area contributed by atoms with E-state index in [1.807, 2.05) is 104 Å². The van der Waals surface area contributed by atoms with Crippen LogP contribution in [0.2, 0.25) is 0 Å². The number of nitrogens with zero attached hydrogens (tertiary/aromatic N) is 1. The quantitative estimate of drug-likeness (QED) is 0.249. The highest BCUT2D eigenvalue weighted by Crippen LogP contribution is 2.36. The van der Waals surface area contributed by atoms with Gasteiger partial charge >= 0.3 is 0 Å². The summed E-state index contributed by atoms with van der Waals surface area (Å²) in [5.41, 5.74) is 1.32. The van der Waals surface area contributed by atoms with E-state index in [0.717, 1.165) is 17.0 Å². The fourth-order valence-electron chi connectivity index (χ4n) is 8.20. The number of amides is 1. The van der Waals surface area contributed by atoms with Crippen molar-refractivity contribution in [2.75, 3.05) is 18.8 Å². The molecule has 0 bridgehead atoms. The van der Waals surface area contributed by atoms with Crippen molar-refractivity contribution in [1.29, 1.82) is 0 Å². The van der Waals surface area contributed by atoms with Gasteiger partial charge in [-0.1, -0.05) is 187 Å². The van der Waals surface area contributed by atoms with Crippen molar-refractivity contribution in [3.63, 3.8) is 0 Å². The number of piperidine rings is 1. The van der Waals surface area contributed by atoms with E-state index in [2.05, 4.69) is 160 Å². The molecule has 0 atom stereocenters. The number of Topliss-reactive ketones (excluding diaryl/α,β-unsaturated/α-hetero) is 2. The van der Waals surface area contributed by atoms with E-state index >= 15 is 0 Å². The van der Waals surface area contributed by atoms with E-state index in [0.29, 0.717) is 54.6 Å². The third-order valence-electron chi connectivity index (χ3n) is 13.2. The topological polar surface area (TPSA) is 181 Å². The molecule has 1 aliphatic rings. The van der Waals surface area contributed by atoms with Crippen molar-refractivity contribution in [2.24, 2.45) is 54.7 Å². The van der Waals surface area contributed by atoms with Crippen LogP contribution in [0.5, 0.6) is 0 Å². The predicted molar refractivity (Wildman–Crippen MR) is 385 cm³/mol. The lowest BCUT2D eigenvalue weighted by atomic mass is 9.75. The number of ketones is 2. The largest absolute Gasteiger partial charge is 0.351 e. The first kappa shape index (κ1) is 94.4. The highest BCUT2D eigenvalue weighted by molar-refractivity contribution is 7.92. The molecule has 1 fully saturated rings. The molecule has 0 unspecified atom stereocenters. The van der Waals surface area contributed by atoms with Gasteiger partial charge in [-0.2, -0.15) is 0 Å². The van der Waals surface area contributed by atoms with Gasteiger partial charge in [0.15, 0.2) is 9.84 Å². The first-order chi connectivity index (χ1) is 37.5. The normalized spacial score (nSPS) is 15.2. The lowest BCUT2D eigenvalue weighted by molar-refractivity contribution is -0.130. The maximum atomic E-state index is 11.7. The van der Waals surface area contributed by atoms with Gasteiger partial charge in [0.05, 0.1) is 15.2 Å². The van der Waals surface area contributed by atoms with Crippen LogP contribution in [0.1, 0.15) is 334 Å². The minimum absolute atomic E-state index is 0.0643. The number of nitrogens with one attached hydrogen (secondary N) is 2. The summed E-state index contributed by atoms with van der Waals surface area (Å²) in [7, 11) is -6.16. The molecule has 1 amide bonds. The molecule has 88 heavy (non-hydrogen) atoms. The van der Waals surface area contributed by atoms with E-state index < -0.39 is 34.9 Å². The van der Waals surface area contributed by atoms with Crippen molar-refractivity contribution in [3.05, 3.63) is 31.6 Å². The SMILES string of the molecule is CC(C)(C)C1CCN(C(C)(C)C)CC1.CC(C)(C)CC(=O)C(C)(C)C.CC(C)(C)CC(=O)CC(C)(C)C.CC(C)(C)CS(=O)(=O)C(C)(C)C.CC(C)(C)Cc1c(CC(C)(C)C)c(=O)c1=O.CC(C)(C)NC(=O)C(C)(C)C.CC(C)(C)NS(=O)(=O)C(C)(C)C. The molecule has 2 N–H and O–H groups in total. The van der Waals surface area contributed by atoms with Crippen LogP contribution in [0.15, 0.2) is 9.59 Å². The Morgan fingerprint density at radius 3 is 0.886 bits per heavy atom. The van der Waals surface area contributed by atoms with Gasteiger partial charge in [0, 0.05) is 57.8 Å². The second-order valence-electron chi connectivity index (χ2n) is 40.7. The van der Waals surface area contributed by atoms with Crippen LogP contribution >= 0.6 is 0 Å². The molecule has 0 aliphatic carbocycles. The number of sulfone groups is 1. The minimum atomic E-state index is -3.21. The molecule has 1 aromatic carbocycles. The summed E-state index contributed by atoms with van der Waals surface area (Å²) in [6.07, 6.45) is 6.25. The standard InChI is InChI=1S/C14H22O2.C13H27N.C11H22O.C10H20O.C9H19NO.C9H20O2S.C8H19NO2S/c1-13(2,3)7-9-10(8-14(4,5)6)12(16)11(9)15;1-12(2,3)11-7-9-14(10-8-11)13(4,5)6;1-10(2,3)7-9(12)8-11(4,5)6;1-9(2,3)7-8(11)10(4,5)6;1-8(2,3)7(11)10-9(4,5)6;1-8(2,3)7-12(10,11)9(4,5)6;1-7(2,3)9-12(10,11)8(4,5)6/h7-8H2,1-6H3;11H,7-10H2,1-6H3;7-8H2,1-6H3;7H2,1-6H3;1-6H3,(H,10,11);7H2,1-6H3;9H,1-6H3. The number of carbonyl (C=O) groups is 3. The van der Waals surface area contributed by atoms with E-state index in [-0.39, 0.29) is 71.4 Å². The number of sulfonamides is 1. The molecule has 1 aromatic rings. The summed E-state index contributed by atoms with van der Waals surface area (Å²) in [4.78, 5) is 60.0. The van der Waals surface area contributed by atoms with E-state index in [1.54, 1.807) is 41.5 Å². The molecule has 0 spiro atoms. The Bertz CT molecular complexity index is 2370. The first-order valence-corrected chi connectivity index (χ1v) is 35.8. The summed E-state index contributed by atoms with van der Waals surface area (Å²) >= 11 is 0. The minimum Gasteiger partial charge on any atom is -0.351 e. The van der Waals surface area contributed by atoms with Gasteiger partial charge in [-0.25, -0.2) is 21.6 Å². The van der Waals surface area contributed by atoms with Crippen molar-refractivity contribution in [3.8, 4) is 0 Å². The molecule has 1 heterocycles. The molecule has 1 saturated heterocycles. The van der Waals surface area contributed by atoms with Crippen LogP contribution in [0.3, 0.4) is 0 Å². The van der Waals surface area contributed by atoms with Crippen LogP contribution < -0.4 is 20.9 Å². The number of rotatable bonds is 7. The molecule has 2 rings (SSSR count). The lowest BCUT2D eigenvalue weighted by Gasteiger charge is -2.44. The molecule has 1 aliphatic heterocycles. The summed E-state index contributed by atoms with van der Waals surface area (Å²) in [6, 6.07) is 0. The van der Waals surface area contributed by atoms with Crippen LogP contribution in [0.25, 0.3) is 0 Å². The van der Waals surface area contributed by atoms with E-state index in [1.165, 1.54) is 25.9 Å². The van der Waals surface area contributed by atoms with Crippen molar-refractivity contribution in [1.82, 2.24) is 14.9 Å². The van der Waals surface area contributed by atoms with Crippen LogP contribution in [0, 0.1) is 54.7 Å². The third-order valence-corrected chi connectivity index (χ3v) is 18.8. The zero-order valence-electron chi connectivity index (χ0n) is 66.1. The van der Waals surface area contributed by atoms with Gasteiger partial charge < -0.3 is 5.32 Å². The van der Waals surface area contributed by atoms with Crippen LogP contribution in [0.4, 0.5) is 0 Å². The number of hydrogen-bond acceptors (Lipinski definition) is 10. The Morgan fingerprint density at radius 2 is 0.739 bits per heavy atom. The zero-order valence-corrected chi connectivity index (χ0v) is 67.7. The van der Waals surface area contributed by atoms with Gasteiger partial charge in [0.1, 0.15) is 11.6 Å². The summed E-state index contributed by atoms with van der Waals surface area (Å²) in [5.74, 6) is 2.01. The Labute approximate surface area is 547 Å². The van der Waals surface area contributed by atoms with E-state index in [9.17, 15) is 40.8 Å². The van der Waals surface area contributed by atoms with Crippen molar-refractivity contribution >= 4 is 37.3 Å². The van der Waals surface area contributed by atoms with Gasteiger partial charge in [-0.05, 0) is 186 Å². The van der Waals surface area contributed by atoms with Crippen molar-refractivity contribution < 1.29 is 31.2 Å². The summed E-state index contributed by atoms with van der Waals surface area (Å²) in [5, 5.41) is 2.92. The van der Waals surface area contributed by atoms with Crippen LogP contribution in [-0.4, -0.2) is 84.2 Å². The summed E-state index contributed by atoms with van der Waals surface area (Å²) < 4.78 is 47.7. The predicted octanol–water partition coefficient (Wildman–Crippen LogP) is 18.2. The van der Waals surface area contributed by atoms with Gasteiger partial charge in [0.25, 0.3) is 0 Å². The van der Waals surface area contributed by atoms with Gasteiger partial charge in [0.2, 0.25) is 26.8 Å². The molecular weight excluding hydrogens is 1140 g/mol. The fraction of sp³-hybridized carbons (Fsp3) is 0.905. The zero-order chi connectivity index (χ0) is 72.7. The van der Waals surface area contributed by atoms with Gasteiger partial charge in [-0.3, -0.25) is 28.9 Å². The van der Waals surface area contributed by atoms with Crippen LogP contribution in [-0.2, 0) is 47.1 Å². The Balaban J connectivity index is -0.000000306. The Morgan fingerprint density at radius 1 is 0.420 bits per heavy atom. The number of carbonyl (C=O) groups excluding carboxylic acids is 3. The number of likely N-dealkylation sites (tertiary alicyclic amines) is 1. The third kappa shape index (κ3) is 49.4. The maximum absolute atomic E-state index is 11.7. The second kappa shape index (κ2) is 33.7. The average molecular weight is 1290 g/mol. The fourth-order valence-corrected chi connectivity index (χ4v) is 10.9. The smallest absolute Gasteiger partial charge is 0.229 e. The summed E-state index contributed by atoms with van der Waals surface area (Å²) in [6.45, 7) is 87.3. The molecule has 0 saturated carbocycles. The molecule has 0 aromatic heterocycles. The first-order valence-electron chi connectivity index (χ1n) is 32.7. The van der Waals surface area contributed by atoms with Gasteiger partial charge in [-0.15, -0.1) is 0 Å². The van der Waals surface area contributed by atoms with E-state index in [4.69, 9.17) is 0 Å². The number of hydrogen-bond donors (Lipinski definition) is 2. The maximum Gasteiger partial charge on any atom is 0.229 e. The molecule has 12 nitrogen and oxygen atoms in total. The molecule has 0 radical (unpaired) electrons. The highest BCUT2D eigenvalue weighted by Gasteiger charge is 2.36. The molecular formula is C74H149N3O9S2. The molecule has 14 heteroatoms. The van der Waals surface area contributed by atoms with Crippen molar-refractivity contribution in [2.45, 2.75) is 362 Å². The second-order valence-corrected chi connectivity index (χ2v) is 45.8. The highest BCUT2D eigenvalue weighted by atomic mass is 32.2. The lowest BCUT2D eigenvalue weighted by Crippen LogP contribution is -2.48. The Kier molecular flexibility index (Phi) is 36.2. The Hall–Kier alpha value is -2.29. The molecule has 526 valence electrons. The average Bonchev–Trinajstić information content (AvgIpc) is 3.16.